The van der Waals surface area contributed by atoms with E-state index in [1.165, 1.54) is 0 Å². The second kappa shape index (κ2) is 8.51. The van der Waals surface area contributed by atoms with Gasteiger partial charge in [0.05, 0.1) is 11.4 Å². The number of carbonyl (C=O) groups excluding carboxylic acids is 1. The highest BCUT2D eigenvalue weighted by Crippen LogP contribution is 2.18. The van der Waals surface area contributed by atoms with Crippen LogP contribution in [0.15, 0.2) is 60.9 Å². The molecule has 30 heavy (non-hydrogen) atoms. The summed E-state index contributed by atoms with van der Waals surface area (Å²) in [5.41, 5.74) is 6.31. The lowest BCUT2D eigenvalue weighted by molar-refractivity contribution is 0.102. The van der Waals surface area contributed by atoms with E-state index in [2.05, 4.69) is 22.2 Å². The first kappa shape index (κ1) is 19.9. The number of benzene rings is 1. The number of amides is 1. The van der Waals surface area contributed by atoms with Crippen molar-refractivity contribution >= 4 is 41.0 Å². The number of nitrogens with one attached hydrogen (secondary N) is 1. The van der Waals surface area contributed by atoms with Gasteiger partial charge in [-0.25, -0.2) is 9.97 Å². The predicted octanol–water partition coefficient (Wildman–Crippen LogP) is 5.68. The molecule has 4 rings (SSSR count). The molecular weight excluding hydrogens is 396 g/mol. The van der Waals surface area contributed by atoms with E-state index >= 15 is 0 Å². The molecule has 5 nitrogen and oxygen atoms in total. The summed E-state index contributed by atoms with van der Waals surface area (Å²) in [5, 5.41) is 3.43. The molecular formula is C24H21ClN4O. The lowest BCUT2D eigenvalue weighted by atomic mass is 10.1. The number of nitrogens with zero attached hydrogens (tertiary/aromatic N) is 3. The normalized spacial score (nSPS) is 11.3. The van der Waals surface area contributed by atoms with Crippen LogP contribution >= 0.6 is 11.6 Å². The van der Waals surface area contributed by atoms with Gasteiger partial charge in [0.15, 0.2) is 0 Å². The van der Waals surface area contributed by atoms with Gasteiger partial charge in [-0.05, 0) is 54.8 Å². The van der Waals surface area contributed by atoms with Crippen LogP contribution in [-0.2, 0) is 6.42 Å². The van der Waals surface area contributed by atoms with Gasteiger partial charge < -0.3 is 9.72 Å². The van der Waals surface area contributed by atoms with Gasteiger partial charge >= 0.3 is 0 Å². The average molecular weight is 417 g/mol. The van der Waals surface area contributed by atoms with Crippen LogP contribution < -0.4 is 5.32 Å². The summed E-state index contributed by atoms with van der Waals surface area (Å²) in [6.07, 6.45) is 8.42. The highest BCUT2D eigenvalue weighted by molar-refractivity contribution is 6.29. The lowest BCUT2D eigenvalue weighted by Gasteiger charge is -2.07. The van der Waals surface area contributed by atoms with Crippen molar-refractivity contribution in [1.82, 2.24) is 14.4 Å². The standard InChI is InChI=1S/C24H21ClN4O/c1-3-21-16(2)29-15-20(11-13-23(29)28-21)27-24(30)19-9-6-17(7-10-19)4-5-18-8-12-22(25)26-14-18/h4-15H,3H2,1-2H3,(H,27,30)/b5-4+. The SMILES string of the molecule is CCc1nc2ccc(NC(=O)c3ccc(/C=C/c4ccc(Cl)nc4)cc3)cn2c1C. The Labute approximate surface area is 180 Å². The third kappa shape index (κ3) is 4.26. The molecule has 3 heterocycles. The number of hydrogen-bond acceptors (Lipinski definition) is 3. The fraction of sp³-hybridized carbons (Fsp3) is 0.125. The van der Waals surface area contributed by atoms with Crippen molar-refractivity contribution in [2.24, 2.45) is 0 Å². The number of aryl methyl sites for hydroxylation is 2. The van der Waals surface area contributed by atoms with E-state index in [4.69, 9.17) is 11.6 Å². The summed E-state index contributed by atoms with van der Waals surface area (Å²) in [4.78, 5) is 21.3. The zero-order valence-corrected chi connectivity index (χ0v) is 17.5. The number of carbonyl (C=O) groups is 1. The topological polar surface area (TPSA) is 59.3 Å². The molecule has 0 bridgehead atoms. The minimum absolute atomic E-state index is 0.153. The molecule has 1 amide bonds. The summed E-state index contributed by atoms with van der Waals surface area (Å²) in [6.45, 7) is 4.12. The van der Waals surface area contributed by atoms with Crippen molar-refractivity contribution in [3.8, 4) is 0 Å². The lowest BCUT2D eigenvalue weighted by Crippen LogP contribution is -2.12. The van der Waals surface area contributed by atoms with Gasteiger partial charge in [-0.3, -0.25) is 4.79 Å². The van der Waals surface area contributed by atoms with Gasteiger partial charge in [-0.1, -0.05) is 48.9 Å². The fourth-order valence-corrected chi connectivity index (χ4v) is 3.36. The Balaban J connectivity index is 1.46. The average Bonchev–Trinajstić information content (AvgIpc) is 3.09. The van der Waals surface area contributed by atoms with E-state index in [0.29, 0.717) is 10.7 Å². The number of halogens is 1. The van der Waals surface area contributed by atoms with E-state index in [1.807, 2.05) is 72.1 Å². The smallest absolute Gasteiger partial charge is 0.255 e. The van der Waals surface area contributed by atoms with Crippen LogP contribution in [0.5, 0.6) is 0 Å². The molecule has 0 unspecified atom stereocenters. The van der Waals surface area contributed by atoms with Crippen LogP contribution in [-0.4, -0.2) is 20.3 Å². The second-order valence-electron chi connectivity index (χ2n) is 6.97. The van der Waals surface area contributed by atoms with Gasteiger partial charge in [0.1, 0.15) is 10.8 Å². The molecule has 0 saturated carbocycles. The first-order valence-electron chi connectivity index (χ1n) is 9.72. The number of rotatable bonds is 5. The summed E-state index contributed by atoms with van der Waals surface area (Å²) < 4.78 is 2.01. The quantitative estimate of drug-likeness (QED) is 0.426. The summed E-state index contributed by atoms with van der Waals surface area (Å²) >= 11 is 5.80. The van der Waals surface area contributed by atoms with E-state index in [1.54, 1.807) is 12.3 Å². The highest BCUT2D eigenvalue weighted by atomic mass is 35.5. The first-order chi connectivity index (χ1) is 14.5. The Bertz CT molecular complexity index is 1220. The zero-order valence-electron chi connectivity index (χ0n) is 16.8. The Kier molecular flexibility index (Phi) is 5.63. The summed E-state index contributed by atoms with van der Waals surface area (Å²) in [6, 6.07) is 14.9. The molecule has 1 N–H and O–H groups in total. The molecule has 6 heteroatoms. The van der Waals surface area contributed by atoms with Crippen LogP contribution in [0.25, 0.3) is 17.8 Å². The number of imidazole rings is 1. The van der Waals surface area contributed by atoms with Crippen LogP contribution in [0.1, 0.15) is 39.8 Å². The van der Waals surface area contributed by atoms with Crippen LogP contribution in [0.3, 0.4) is 0 Å². The maximum absolute atomic E-state index is 12.6. The number of aromatic nitrogens is 3. The van der Waals surface area contributed by atoms with E-state index < -0.39 is 0 Å². The highest BCUT2D eigenvalue weighted by Gasteiger charge is 2.09. The maximum atomic E-state index is 12.6. The molecule has 150 valence electrons. The Hall–Kier alpha value is -3.44. The van der Waals surface area contributed by atoms with Crippen LogP contribution in [0.4, 0.5) is 5.69 Å². The first-order valence-corrected chi connectivity index (χ1v) is 10.1. The van der Waals surface area contributed by atoms with Crippen LogP contribution in [0.2, 0.25) is 5.15 Å². The largest absolute Gasteiger partial charge is 0.321 e. The molecule has 0 atom stereocenters. The van der Waals surface area contributed by atoms with Gasteiger partial charge in [-0.15, -0.1) is 0 Å². The van der Waals surface area contributed by atoms with Crippen molar-refractivity contribution in [2.75, 3.05) is 5.32 Å². The van der Waals surface area contributed by atoms with E-state index in [-0.39, 0.29) is 5.91 Å². The van der Waals surface area contributed by atoms with Crippen molar-refractivity contribution in [2.45, 2.75) is 20.3 Å². The fourth-order valence-electron chi connectivity index (χ4n) is 3.25. The van der Waals surface area contributed by atoms with Crippen molar-refractivity contribution < 1.29 is 4.79 Å². The van der Waals surface area contributed by atoms with E-state index in [9.17, 15) is 4.79 Å². The minimum Gasteiger partial charge on any atom is -0.321 e. The third-order valence-corrected chi connectivity index (χ3v) is 5.16. The molecule has 0 aliphatic heterocycles. The van der Waals surface area contributed by atoms with Crippen molar-refractivity contribution in [3.63, 3.8) is 0 Å². The van der Waals surface area contributed by atoms with Crippen LogP contribution in [0, 0.1) is 6.92 Å². The monoisotopic (exact) mass is 416 g/mol. The molecule has 3 aromatic heterocycles. The molecule has 1 aromatic carbocycles. The van der Waals surface area contributed by atoms with Gasteiger partial charge in [-0.2, -0.15) is 0 Å². The zero-order chi connectivity index (χ0) is 21.1. The Morgan fingerprint density at radius 2 is 1.80 bits per heavy atom. The maximum Gasteiger partial charge on any atom is 0.255 e. The number of anilines is 1. The minimum atomic E-state index is -0.153. The molecule has 4 aromatic rings. The summed E-state index contributed by atoms with van der Waals surface area (Å²) in [5.74, 6) is -0.153. The molecule has 0 aliphatic carbocycles. The molecule has 0 aliphatic rings. The van der Waals surface area contributed by atoms with Gasteiger partial charge in [0.25, 0.3) is 5.91 Å². The van der Waals surface area contributed by atoms with Gasteiger partial charge in [0, 0.05) is 23.7 Å². The molecule has 0 saturated heterocycles. The third-order valence-electron chi connectivity index (χ3n) is 4.94. The van der Waals surface area contributed by atoms with Crippen molar-refractivity contribution in [3.05, 3.63) is 94.2 Å². The van der Waals surface area contributed by atoms with E-state index in [0.717, 1.165) is 40.3 Å². The summed E-state index contributed by atoms with van der Waals surface area (Å²) in [7, 11) is 0. The number of hydrogen-bond donors (Lipinski definition) is 1. The predicted molar refractivity (Wildman–Crippen MR) is 122 cm³/mol. The second-order valence-corrected chi connectivity index (χ2v) is 7.35. The Morgan fingerprint density at radius 3 is 2.50 bits per heavy atom. The Morgan fingerprint density at radius 1 is 1.07 bits per heavy atom. The van der Waals surface area contributed by atoms with Crippen molar-refractivity contribution in [1.29, 1.82) is 0 Å². The number of pyridine rings is 2. The number of fused-ring (bicyclic) bond motifs is 1. The van der Waals surface area contributed by atoms with Gasteiger partial charge in [0.2, 0.25) is 0 Å². The molecule has 0 radical (unpaired) electrons. The molecule has 0 fully saturated rings. The molecule has 0 spiro atoms.